The van der Waals surface area contributed by atoms with E-state index in [1.165, 1.54) is 11.3 Å². The number of thiophene rings is 1. The molecule has 1 heterocycles. The molecule has 2 aromatic rings. The molecule has 8 atom stereocenters. The van der Waals surface area contributed by atoms with E-state index in [1.807, 2.05) is 31.2 Å². The number of ether oxygens (including phenoxy) is 3. The molecule has 1 aromatic carbocycles. The van der Waals surface area contributed by atoms with Crippen LogP contribution in [0.25, 0.3) is 0 Å². The van der Waals surface area contributed by atoms with Crippen LogP contribution in [-0.4, -0.2) is 66.1 Å². The average molecular weight is 690 g/mol. The number of aliphatic hydroxyl groups excluding tert-OH is 1. The number of Topliss-reactive ketones (excluding diaryl/α,β-unsaturated/α-hetero) is 1. The lowest BCUT2D eigenvalue weighted by Crippen LogP contribution is -2.67. The maximum absolute atomic E-state index is 14.7. The molecule has 49 heavy (non-hydrogen) atoms. The van der Waals surface area contributed by atoms with Gasteiger partial charge in [-0.25, -0.2) is 4.79 Å². The van der Waals surface area contributed by atoms with Gasteiger partial charge in [-0.05, 0) is 100 Å². The summed E-state index contributed by atoms with van der Waals surface area (Å²) in [5, 5.41) is 23.9. The standard InChI is InChI=1S/C40H51NO7S/c1-7-48-35(44)41(23-26-9-10-28(46-5)20-30(26)47-6)24-39(45)17-14-33-37(39,4)16-13-32-36(3)15-12-27(42)21-38(36)18-19-40(32,33)29(22-38)34(43)31-11-8-25(2)49-31/h8-11,18-20,22,27,32-33,42,45H,7,12-17,21,23-24H2,1-6H3/t27?,32-,33-,36-,37+,38+,39-,40-/m1/s1. The molecule has 8 nitrogen and oxygen atoms in total. The third-order valence-electron chi connectivity index (χ3n) is 13.8. The Balaban J connectivity index is 1.29. The third-order valence-corrected chi connectivity index (χ3v) is 14.8. The van der Waals surface area contributed by atoms with E-state index in [0.717, 1.165) is 53.0 Å². The lowest BCUT2D eigenvalue weighted by atomic mass is 9.32. The van der Waals surface area contributed by atoms with E-state index in [-0.39, 0.29) is 48.1 Å². The van der Waals surface area contributed by atoms with Crippen molar-refractivity contribution >= 4 is 23.2 Å². The average Bonchev–Trinajstić information content (AvgIpc) is 3.64. The minimum absolute atomic E-state index is 0.0159. The van der Waals surface area contributed by atoms with Gasteiger partial charge in [0.2, 0.25) is 0 Å². The molecule has 6 aliphatic carbocycles. The van der Waals surface area contributed by atoms with Crippen LogP contribution in [0.3, 0.4) is 0 Å². The molecule has 1 unspecified atom stereocenters. The first-order valence-corrected chi connectivity index (χ1v) is 18.7. The van der Waals surface area contributed by atoms with Gasteiger partial charge < -0.3 is 29.3 Å². The summed E-state index contributed by atoms with van der Waals surface area (Å²) in [4.78, 5) is 31.8. The highest BCUT2D eigenvalue weighted by molar-refractivity contribution is 7.14. The molecule has 0 radical (unpaired) electrons. The summed E-state index contributed by atoms with van der Waals surface area (Å²) in [6.07, 6.45) is 11.2. The summed E-state index contributed by atoms with van der Waals surface area (Å²) in [6.45, 7) is 8.93. The number of rotatable bonds is 9. The zero-order valence-corrected chi connectivity index (χ0v) is 30.5. The van der Waals surface area contributed by atoms with Crippen molar-refractivity contribution < 1.29 is 34.0 Å². The number of allylic oxidation sites excluding steroid dienone is 4. The first-order chi connectivity index (χ1) is 23.3. The Morgan fingerprint density at radius 3 is 2.41 bits per heavy atom. The summed E-state index contributed by atoms with van der Waals surface area (Å²) in [5.41, 5.74) is -1.22. The fourth-order valence-corrected chi connectivity index (χ4v) is 12.0. The maximum Gasteiger partial charge on any atom is 0.410 e. The second-order valence-corrected chi connectivity index (χ2v) is 17.1. The van der Waals surface area contributed by atoms with Crippen LogP contribution >= 0.6 is 11.3 Å². The van der Waals surface area contributed by atoms with Gasteiger partial charge in [-0.2, -0.15) is 0 Å². The van der Waals surface area contributed by atoms with Crippen LogP contribution in [0.4, 0.5) is 4.79 Å². The fourth-order valence-electron chi connectivity index (χ4n) is 11.2. The largest absolute Gasteiger partial charge is 0.497 e. The van der Waals surface area contributed by atoms with Crippen LogP contribution in [-0.2, 0) is 11.3 Å². The Hall–Kier alpha value is -3.14. The molecule has 0 aliphatic heterocycles. The Labute approximate surface area is 294 Å². The molecule has 1 aromatic heterocycles. The van der Waals surface area contributed by atoms with Crippen molar-refractivity contribution in [1.82, 2.24) is 4.90 Å². The molecule has 3 fully saturated rings. The molecule has 6 aliphatic rings. The number of carbonyl (C=O) groups is 2. The Morgan fingerprint density at radius 2 is 1.71 bits per heavy atom. The lowest BCUT2D eigenvalue weighted by molar-refractivity contribution is -0.175. The van der Waals surface area contributed by atoms with Crippen LogP contribution in [0.15, 0.2) is 54.1 Å². The molecule has 3 saturated carbocycles. The highest BCUT2D eigenvalue weighted by atomic mass is 32.1. The molecule has 9 heteroatoms. The highest BCUT2D eigenvalue weighted by Crippen LogP contribution is 2.78. The molecule has 1 amide bonds. The smallest absolute Gasteiger partial charge is 0.410 e. The molecule has 0 saturated heterocycles. The van der Waals surface area contributed by atoms with Gasteiger partial charge in [0.05, 0.1) is 50.5 Å². The van der Waals surface area contributed by atoms with E-state index >= 15 is 0 Å². The zero-order valence-electron chi connectivity index (χ0n) is 29.7. The topological polar surface area (TPSA) is 106 Å². The van der Waals surface area contributed by atoms with Gasteiger partial charge in [-0.1, -0.05) is 32.1 Å². The van der Waals surface area contributed by atoms with E-state index < -0.39 is 28.6 Å². The van der Waals surface area contributed by atoms with Crippen molar-refractivity contribution in [3.05, 3.63) is 69.5 Å². The van der Waals surface area contributed by atoms with Gasteiger partial charge in [0.1, 0.15) is 11.5 Å². The molecule has 2 N–H and O–H groups in total. The van der Waals surface area contributed by atoms with Crippen molar-refractivity contribution in [1.29, 1.82) is 0 Å². The Morgan fingerprint density at radius 1 is 0.980 bits per heavy atom. The van der Waals surface area contributed by atoms with Crippen LogP contribution in [0.5, 0.6) is 11.5 Å². The van der Waals surface area contributed by atoms with E-state index in [2.05, 4.69) is 32.1 Å². The van der Waals surface area contributed by atoms with Crippen molar-refractivity contribution in [2.75, 3.05) is 27.4 Å². The number of aliphatic hydroxyl groups is 2. The molecular formula is C40H51NO7S. The van der Waals surface area contributed by atoms with E-state index in [9.17, 15) is 19.8 Å². The number of carbonyl (C=O) groups excluding carboxylic acids is 2. The van der Waals surface area contributed by atoms with E-state index in [4.69, 9.17) is 14.2 Å². The molecular weight excluding hydrogens is 639 g/mol. The summed E-state index contributed by atoms with van der Waals surface area (Å²) >= 11 is 1.54. The van der Waals surface area contributed by atoms with Gasteiger partial charge in [-0.15, -0.1) is 11.3 Å². The minimum Gasteiger partial charge on any atom is -0.497 e. The van der Waals surface area contributed by atoms with Gasteiger partial charge in [0.15, 0.2) is 5.78 Å². The summed E-state index contributed by atoms with van der Waals surface area (Å²) in [6, 6.07) is 9.48. The minimum atomic E-state index is -1.22. The molecule has 8 rings (SSSR count). The molecule has 264 valence electrons. The van der Waals surface area contributed by atoms with Gasteiger partial charge in [-0.3, -0.25) is 4.79 Å². The summed E-state index contributed by atoms with van der Waals surface area (Å²) in [7, 11) is 3.19. The number of hydrogen-bond acceptors (Lipinski definition) is 8. The van der Waals surface area contributed by atoms with Gasteiger partial charge in [0.25, 0.3) is 0 Å². The number of benzene rings is 1. The highest BCUT2D eigenvalue weighted by Gasteiger charge is 2.74. The van der Waals surface area contributed by atoms with E-state index in [0.29, 0.717) is 24.3 Å². The van der Waals surface area contributed by atoms with E-state index in [1.54, 1.807) is 32.1 Å². The monoisotopic (exact) mass is 689 g/mol. The predicted molar refractivity (Wildman–Crippen MR) is 189 cm³/mol. The Kier molecular flexibility index (Phi) is 8.39. The third kappa shape index (κ3) is 4.89. The number of nitrogens with zero attached hydrogens (tertiary/aromatic N) is 1. The van der Waals surface area contributed by atoms with Crippen molar-refractivity contribution in [2.24, 2.45) is 33.5 Å². The summed E-state index contributed by atoms with van der Waals surface area (Å²) < 4.78 is 16.6. The second-order valence-electron chi connectivity index (χ2n) is 15.8. The first kappa shape index (κ1) is 34.3. The number of ketones is 1. The van der Waals surface area contributed by atoms with Crippen LogP contribution in [0.2, 0.25) is 0 Å². The number of amides is 1. The predicted octanol–water partition coefficient (Wildman–Crippen LogP) is 7.51. The number of methoxy groups -OCH3 is 2. The normalized spacial score (nSPS) is 37.1. The quantitative estimate of drug-likeness (QED) is 0.208. The SMILES string of the molecule is CCOC(=O)N(Cc1ccc(OC)cc1OC)C[C@]1(O)CC[C@H]2[C@]34C=C[C@@]5(C=C3C(=O)c3ccc(C)s3)CC(O)CC[C@]5(C)[C@H]4CC[C@@]21C. The first-order valence-electron chi connectivity index (χ1n) is 17.9. The van der Waals surface area contributed by atoms with Crippen molar-refractivity contribution in [2.45, 2.75) is 90.9 Å². The number of aryl methyl sites for hydroxylation is 1. The molecule has 2 spiro atoms. The summed E-state index contributed by atoms with van der Waals surface area (Å²) in [5.74, 6) is 1.51. The number of fused-ring (bicyclic) bond motifs is 1. The Bertz CT molecular complexity index is 1720. The number of hydrogen-bond donors (Lipinski definition) is 2. The molecule has 2 bridgehead atoms. The fraction of sp³-hybridized carbons (Fsp3) is 0.600. The second kappa shape index (κ2) is 12.0. The van der Waals surface area contributed by atoms with Crippen LogP contribution in [0, 0.1) is 40.4 Å². The maximum atomic E-state index is 14.7. The lowest BCUT2D eigenvalue weighted by Gasteiger charge is -2.71. The van der Waals surface area contributed by atoms with Gasteiger partial charge in [0, 0.05) is 38.3 Å². The zero-order chi connectivity index (χ0) is 35.0. The van der Waals surface area contributed by atoms with Gasteiger partial charge >= 0.3 is 6.09 Å². The van der Waals surface area contributed by atoms with Crippen LogP contribution < -0.4 is 9.47 Å². The van der Waals surface area contributed by atoms with Crippen LogP contribution in [0.1, 0.15) is 85.8 Å². The van der Waals surface area contributed by atoms with Crippen molar-refractivity contribution in [3.63, 3.8) is 0 Å². The van der Waals surface area contributed by atoms with Crippen molar-refractivity contribution in [3.8, 4) is 11.5 Å².